The Morgan fingerprint density at radius 1 is 0.886 bits per heavy atom. The van der Waals surface area contributed by atoms with Crippen molar-refractivity contribution in [2.45, 2.75) is 31.2 Å². The number of amides is 4. The van der Waals surface area contributed by atoms with Gasteiger partial charge in [0.1, 0.15) is 5.82 Å². The van der Waals surface area contributed by atoms with E-state index in [1.807, 2.05) is 35.2 Å². The van der Waals surface area contributed by atoms with Crippen molar-refractivity contribution in [3.63, 3.8) is 0 Å². The fourth-order valence-electron chi connectivity index (χ4n) is 6.09. The third-order valence-electron chi connectivity index (χ3n) is 7.70. The number of rotatable bonds is 2. The molecule has 7 heteroatoms. The van der Waals surface area contributed by atoms with Crippen molar-refractivity contribution in [1.29, 1.82) is 0 Å². The number of carbonyl (C=O) groups is 3. The lowest BCUT2D eigenvalue weighted by atomic mass is 9.64. The van der Waals surface area contributed by atoms with Crippen LogP contribution in [0.5, 0.6) is 0 Å². The molecule has 4 amide bonds. The zero-order chi connectivity index (χ0) is 24.2. The molecule has 3 aliphatic rings. The number of imide groups is 2. The van der Waals surface area contributed by atoms with Crippen molar-refractivity contribution in [3.8, 4) is 0 Å². The van der Waals surface area contributed by atoms with Gasteiger partial charge in [-0.1, -0.05) is 60.7 Å². The van der Waals surface area contributed by atoms with Crippen LogP contribution in [0.3, 0.4) is 0 Å². The van der Waals surface area contributed by atoms with Gasteiger partial charge in [-0.25, -0.2) is 14.1 Å². The van der Waals surface area contributed by atoms with Crippen LogP contribution in [0.4, 0.5) is 20.6 Å². The Morgan fingerprint density at radius 3 is 2.34 bits per heavy atom. The summed E-state index contributed by atoms with van der Waals surface area (Å²) >= 11 is 0. The highest BCUT2D eigenvalue weighted by molar-refractivity contribution is 6.30. The highest BCUT2D eigenvalue weighted by Gasteiger charge is 2.63. The van der Waals surface area contributed by atoms with E-state index < -0.39 is 29.3 Å². The molecule has 3 aliphatic heterocycles. The third-order valence-corrected chi connectivity index (χ3v) is 7.70. The number of anilines is 2. The third kappa shape index (κ3) is 3.18. The average Bonchev–Trinajstić information content (AvgIpc) is 2.88. The van der Waals surface area contributed by atoms with Gasteiger partial charge in [0.15, 0.2) is 5.41 Å². The van der Waals surface area contributed by atoms with E-state index in [0.717, 1.165) is 16.9 Å². The highest BCUT2D eigenvalue weighted by Crippen LogP contribution is 2.51. The molecule has 0 unspecified atom stereocenters. The minimum Gasteiger partial charge on any atom is -0.364 e. The standard InChI is InChI=1S/C28H24FN3O3/c29-22-13-7-10-20-17-28(25(33)30-27(35)32(26(28)34)21-11-5-2-6-12-21)23-16-19(14-15-31(23)24(20)22)18-8-3-1-4-9-18/h1-13,19,23H,14-17H2,(H,30,33,35)/t19-,23-,28-/m1/s1. The first-order valence-corrected chi connectivity index (χ1v) is 11.8. The van der Waals surface area contributed by atoms with Crippen LogP contribution >= 0.6 is 0 Å². The summed E-state index contributed by atoms with van der Waals surface area (Å²) in [6.45, 7) is 0.500. The average molecular weight is 470 g/mol. The Kier molecular flexibility index (Phi) is 4.95. The Labute approximate surface area is 202 Å². The van der Waals surface area contributed by atoms with E-state index in [4.69, 9.17) is 0 Å². The second-order valence-electron chi connectivity index (χ2n) is 9.47. The molecule has 3 heterocycles. The number of nitrogens with one attached hydrogen (secondary N) is 1. The summed E-state index contributed by atoms with van der Waals surface area (Å²) in [7, 11) is 0. The Balaban J connectivity index is 1.51. The first-order valence-electron chi connectivity index (χ1n) is 11.8. The summed E-state index contributed by atoms with van der Waals surface area (Å²) in [5.74, 6) is -1.43. The van der Waals surface area contributed by atoms with Crippen molar-refractivity contribution in [3.05, 3.63) is 95.8 Å². The van der Waals surface area contributed by atoms with Gasteiger partial charge in [0.05, 0.1) is 17.4 Å². The lowest BCUT2D eigenvalue weighted by molar-refractivity contribution is -0.145. The van der Waals surface area contributed by atoms with Crippen LogP contribution in [-0.4, -0.2) is 30.4 Å². The number of urea groups is 1. The Morgan fingerprint density at radius 2 is 1.60 bits per heavy atom. The van der Waals surface area contributed by atoms with Crippen molar-refractivity contribution in [1.82, 2.24) is 5.32 Å². The van der Waals surface area contributed by atoms with Crippen LogP contribution < -0.4 is 15.1 Å². The van der Waals surface area contributed by atoms with Crippen molar-refractivity contribution < 1.29 is 18.8 Å². The number of piperidine rings is 1. The number of carbonyl (C=O) groups excluding carboxylic acids is 3. The summed E-state index contributed by atoms with van der Waals surface area (Å²) in [5.41, 5.74) is 1.02. The summed E-state index contributed by atoms with van der Waals surface area (Å²) in [4.78, 5) is 43.7. The molecule has 3 aromatic carbocycles. The first-order chi connectivity index (χ1) is 17.0. The molecule has 2 fully saturated rings. The van der Waals surface area contributed by atoms with Gasteiger partial charge in [0, 0.05) is 6.54 Å². The molecule has 35 heavy (non-hydrogen) atoms. The van der Waals surface area contributed by atoms with Gasteiger partial charge in [0.2, 0.25) is 5.91 Å². The quantitative estimate of drug-likeness (QED) is 0.565. The number of nitrogens with zero attached hydrogens (tertiary/aromatic N) is 2. The molecule has 176 valence electrons. The number of halogens is 1. The molecule has 2 saturated heterocycles. The van der Waals surface area contributed by atoms with E-state index in [9.17, 15) is 14.4 Å². The molecule has 3 atom stereocenters. The molecule has 0 aliphatic carbocycles. The number of fused-ring (bicyclic) bond motifs is 4. The fraction of sp³-hybridized carbons (Fsp3) is 0.250. The molecule has 6 nitrogen and oxygen atoms in total. The van der Waals surface area contributed by atoms with E-state index in [2.05, 4.69) is 5.32 Å². The number of barbiturate groups is 1. The maximum atomic E-state index is 15.1. The maximum absolute atomic E-state index is 15.1. The van der Waals surface area contributed by atoms with E-state index in [0.29, 0.717) is 29.9 Å². The number of hydrogen-bond donors (Lipinski definition) is 1. The SMILES string of the molecule is O=C1NC(=O)[C@]2(Cc3cccc(F)c3N3CC[C@@H](c4ccccc4)C[C@@H]32)C(=O)N1c1ccccc1. The van der Waals surface area contributed by atoms with E-state index in [-0.39, 0.29) is 18.2 Å². The molecule has 3 aromatic rings. The van der Waals surface area contributed by atoms with Gasteiger partial charge in [-0.3, -0.25) is 14.9 Å². The zero-order valence-corrected chi connectivity index (χ0v) is 19.0. The van der Waals surface area contributed by atoms with Crippen LogP contribution in [0.1, 0.15) is 29.9 Å². The Hall–Kier alpha value is -4.00. The van der Waals surface area contributed by atoms with Gasteiger partial charge >= 0.3 is 6.03 Å². The van der Waals surface area contributed by atoms with Crippen LogP contribution in [0.2, 0.25) is 0 Å². The molecular weight excluding hydrogens is 445 g/mol. The lowest BCUT2D eigenvalue weighted by Crippen LogP contribution is -2.73. The normalized spacial score (nSPS) is 25.8. The van der Waals surface area contributed by atoms with Crippen molar-refractivity contribution in [2.75, 3.05) is 16.3 Å². The smallest absolute Gasteiger partial charge is 0.335 e. The predicted octanol–water partition coefficient (Wildman–Crippen LogP) is 4.40. The van der Waals surface area contributed by atoms with Gasteiger partial charge in [-0.15, -0.1) is 0 Å². The van der Waals surface area contributed by atoms with Gasteiger partial charge in [0.25, 0.3) is 5.91 Å². The van der Waals surface area contributed by atoms with E-state index >= 15 is 4.39 Å². The van der Waals surface area contributed by atoms with Gasteiger partial charge < -0.3 is 4.90 Å². The summed E-state index contributed by atoms with van der Waals surface area (Å²) in [5, 5.41) is 2.46. The highest BCUT2D eigenvalue weighted by atomic mass is 19.1. The zero-order valence-electron chi connectivity index (χ0n) is 19.0. The largest absolute Gasteiger partial charge is 0.364 e. The van der Waals surface area contributed by atoms with E-state index in [1.165, 1.54) is 6.07 Å². The molecule has 0 saturated carbocycles. The van der Waals surface area contributed by atoms with Crippen molar-refractivity contribution in [2.24, 2.45) is 5.41 Å². The molecule has 0 radical (unpaired) electrons. The minimum atomic E-state index is -1.56. The summed E-state index contributed by atoms with van der Waals surface area (Å²) < 4.78 is 15.1. The topological polar surface area (TPSA) is 69.7 Å². The fourth-order valence-corrected chi connectivity index (χ4v) is 6.09. The summed E-state index contributed by atoms with van der Waals surface area (Å²) in [6, 6.07) is 22.0. The maximum Gasteiger partial charge on any atom is 0.335 e. The molecule has 6 rings (SSSR count). The molecular formula is C28H24FN3O3. The van der Waals surface area contributed by atoms with Crippen LogP contribution in [0, 0.1) is 11.2 Å². The first kappa shape index (κ1) is 21.5. The molecule has 0 bridgehead atoms. The van der Waals surface area contributed by atoms with Gasteiger partial charge in [-0.05, 0) is 54.5 Å². The molecule has 1 N–H and O–H groups in total. The van der Waals surface area contributed by atoms with Crippen LogP contribution in [0.15, 0.2) is 78.9 Å². The van der Waals surface area contributed by atoms with E-state index in [1.54, 1.807) is 42.5 Å². The van der Waals surface area contributed by atoms with Gasteiger partial charge in [-0.2, -0.15) is 0 Å². The minimum absolute atomic E-state index is 0.0318. The molecule has 0 aromatic heterocycles. The number of para-hydroxylation sites is 2. The van der Waals surface area contributed by atoms with Crippen molar-refractivity contribution >= 4 is 29.2 Å². The van der Waals surface area contributed by atoms with Crippen LogP contribution in [0.25, 0.3) is 0 Å². The second kappa shape index (κ2) is 8.05. The monoisotopic (exact) mass is 469 g/mol. The number of hydrogen-bond acceptors (Lipinski definition) is 4. The lowest BCUT2D eigenvalue weighted by Gasteiger charge is -2.54. The second-order valence-corrected chi connectivity index (χ2v) is 9.47. The number of benzene rings is 3. The summed E-state index contributed by atoms with van der Waals surface area (Å²) in [6.07, 6.45) is 1.29. The molecule has 1 spiro atoms. The predicted molar refractivity (Wildman–Crippen MR) is 130 cm³/mol. The Bertz CT molecular complexity index is 1330. The van der Waals surface area contributed by atoms with Crippen LogP contribution in [-0.2, 0) is 16.0 Å².